The van der Waals surface area contributed by atoms with Crippen LogP contribution in [0.5, 0.6) is 0 Å². The molecule has 96 valence electrons. The fourth-order valence-electron chi connectivity index (χ4n) is 1.26. The highest BCUT2D eigenvalue weighted by molar-refractivity contribution is 9.10. The van der Waals surface area contributed by atoms with Gasteiger partial charge in [-0.05, 0) is 27.6 Å². The van der Waals surface area contributed by atoms with Crippen LogP contribution >= 0.6 is 15.9 Å². The van der Waals surface area contributed by atoms with Crippen molar-refractivity contribution < 1.29 is 9.72 Å². The molecule has 0 fully saturated rings. The molecule has 18 heavy (non-hydrogen) atoms. The number of hydrogen-bond acceptors (Lipinski definition) is 5. The summed E-state index contributed by atoms with van der Waals surface area (Å²) in [6, 6.07) is 3.50. The molecule has 1 heterocycles. The van der Waals surface area contributed by atoms with Crippen molar-refractivity contribution in [3.63, 3.8) is 0 Å². The van der Waals surface area contributed by atoms with Gasteiger partial charge in [-0.3, -0.25) is 19.8 Å². The van der Waals surface area contributed by atoms with Crippen LogP contribution in [0.25, 0.3) is 0 Å². The van der Waals surface area contributed by atoms with Gasteiger partial charge in [0.2, 0.25) is 6.41 Å². The summed E-state index contributed by atoms with van der Waals surface area (Å²) in [7, 11) is 1.51. The molecule has 0 atom stereocenters. The summed E-state index contributed by atoms with van der Waals surface area (Å²) >= 11 is 3.20. The first kappa shape index (κ1) is 14.1. The molecule has 0 aliphatic heterocycles. The van der Waals surface area contributed by atoms with Crippen LogP contribution in [0.3, 0.4) is 0 Å². The Kier molecular flexibility index (Phi) is 5.25. The Balaban J connectivity index is 2.86. The average Bonchev–Trinajstić information content (AvgIpc) is 2.35. The molecular weight excluding hydrogens is 304 g/mol. The largest absolute Gasteiger partial charge is 0.369 e. The highest BCUT2D eigenvalue weighted by atomic mass is 79.9. The molecule has 0 radical (unpaired) electrons. The Bertz CT molecular complexity index is 461. The fraction of sp³-hybridized carbons (Fsp3) is 0.200. The average molecular weight is 315 g/mol. The molecule has 1 N–H and O–H groups in total. The highest BCUT2D eigenvalue weighted by Crippen LogP contribution is 2.10. The summed E-state index contributed by atoms with van der Waals surface area (Å²) in [6.07, 6.45) is 2.84. The van der Waals surface area contributed by atoms with Crippen LogP contribution in [0.4, 0.5) is 0 Å². The SMILES string of the molecule is CN/C(=C\[N+](=O)[O-])N(C=O)Cc1ccc(Br)nc1. The molecule has 0 aliphatic carbocycles. The molecule has 1 aromatic rings. The number of aromatic nitrogens is 1. The first-order valence-electron chi connectivity index (χ1n) is 4.92. The summed E-state index contributed by atoms with van der Waals surface area (Å²) in [4.78, 5) is 25.9. The summed E-state index contributed by atoms with van der Waals surface area (Å²) in [6.45, 7) is 0.199. The van der Waals surface area contributed by atoms with Gasteiger partial charge in [0.15, 0.2) is 5.82 Å². The molecule has 0 bridgehead atoms. The monoisotopic (exact) mass is 314 g/mol. The third-order valence-electron chi connectivity index (χ3n) is 2.06. The summed E-state index contributed by atoms with van der Waals surface area (Å²) < 4.78 is 0.679. The molecule has 0 aliphatic rings. The highest BCUT2D eigenvalue weighted by Gasteiger charge is 2.11. The lowest BCUT2D eigenvalue weighted by atomic mass is 10.3. The van der Waals surface area contributed by atoms with Crippen molar-refractivity contribution in [3.8, 4) is 0 Å². The minimum atomic E-state index is -0.623. The lowest BCUT2D eigenvalue weighted by Crippen LogP contribution is -2.29. The quantitative estimate of drug-likeness (QED) is 0.367. The minimum absolute atomic E-state index is 0.109. The van der Waals surface area contributed by atoms with Gasteiger partial charge < -0.3 is 5.32 Å². The number of hydrogen-bond donors (Lipinski definition) is 1. The minimum Gasteiger partial charge on any atom is -0.369 e. The van der Waals surface area contributed by atoms with Gasteiger partial charge in [0.1, 0.15) is 4.60 Å². The maximum absolute atomic E-state index is 11.0. The number of nitro groups is 1. The van der Waals surface area contributed by atoms with E-state index in [0.717, 1.165) is 11.8 Å². The molecular formula is C10H11BrN4O3. The molecule has 1 aromatic heterocycles. The van der Waals surface area contributed by atoms with Crippen LogP contribution in [0.2, 0.25) is 0 Å². The number of carbonyl (C=O) groups is 1. The van der Waals surface area contributed by atoms with Gasteiger partial charge in [0, 0.05) is 13.2 Å². The molecule has 8 heteroatoms. The number of nitrogens with zero attached hydrogens (tertiary/aromatic N) is 3. The first-order valence-corrected chi connectivity index (χ1v) is 5.71. The van der Waals surface area contributed by atoms with E-state index in [9.17, 15) is 14.9 Å². The second-order valence-corrected chi connectivity index (χ2v) is 4.08. The molecule has 0 saturated heterocycles. The maximum atomic E-state index is 11.0. The van der Waals surface area contributed by atoms with E-state index in [2.05, 4.69) is 26.2 Å². The predicted octanol–water partition coefficient (Wildman–Crippen LogP) is 1.10. The van der Waals surface area contributed by atoms with Gasteiger partial charge in [-0.25, -0.2) is 4.98 Å². The molecule has 7 nitrogen and oxygen atoms in total. The van der Waals surface area contributed by atoms with Crippen LogP contribution in [-0.4, -0.2) is 28.3 Å². The standard InChI is InChI=1S/C10H11BrN4O3/c1-12-10(6-15(17)18)14(7-16)5-8-2-3-9(11)13-4-8/h2-4,6-7,12H,5H2,1H3/b10-6+. The van der Waals surface area contributed by atoms with Gasteiger partial charge in [-0.15, -0.1) is 0 Å². The van der Waals surface area contributed by atoms with E-state index in [1.165, 1.54) is 11.9 Å². The lowest BCUT2D eigenvalue weighted by Gasteiger charge is -2.18. The second kappa shape index (κ2) is 6.70. The van der Waals surface area contributed by atoms with Crippen LogP contribution in [0.1, 0.15) is 5.56 Å². The van der Waals surface area contributed by atoms with E-state index in [4.69, 9.17) is 0 Å². The molecule has 0 saturated carbocycles. The van der Waals surface area contributed by atoms with E-state index in [1.807, 2.05) is 0 Å². The Morgan fingerprint density at radius 3 is 2.83 bits per heavy atom. The normalized spacial score (nSPS) is 10.9. The molecule has 1 rings (SSSR count). The number of carbonyl (C=O) groups excluding carboxylic acids is 1. The molecule has 0 spiro atoms. The van der Waals surface area contributed by atoms with E-state index in [-0.39, 0.29) is 12.4 Å². The van der Waals surface area contributed by atoms with Gasteiger partial charge in [-0.2, -0.15) is 0 Å². The van der Waals surface area contributed by atoms with Gasteiger partial charge in [0.25, 0.3) is 6.20 Å². The second-order valence-electron chi connectivity index (χ2n) is 3.27. The summed E-state index contributed by atoms with van der Waals surface area (Å²) in [5, 5.41) is 13.0. The van der Waals surface area contributed by atoms with Crippen LogP contribution in [-0.2, 0) is 11.3 Å². The van der Waals surface area contributed by atoms with Crippen molar-refractivity contribution in [3.05, 3.63) is 50.6 Å². The zero-order valence-electron chi connectivity index (χ0n) is 9.54. The van der Waals surface area contributed by atoms with Crippen LogP contribution < -0.4 is 5.32 Å². The van der Waals surface area contributed by atoms with Gasteiger partial charge in [-0.1, -0.05) is 6.07 Å². The third kappa shape index (κ3) is 4.13. The van der Waals surface area contributed by atoms with Crippen molar-refractivity contribution in [2.24, 2.45) is 0 Å². The zero-order valence-corrected chi connectivity index (χ0v) is 11.1. The number of halogens is 1. The van der Waals surface area contributed by atoms with Gasteiger partial charge in [0.05, 0.1) is 11.5 Å². The number of rotatable bonds is 6. The molecule has 0 unspecified atom stereocenters. The van der Waals surface area contributed by atoms with Gasteiger partial charge >= 0.3 is 0 Å². The number of pyridine rings is 1. The van der Waals surface area contributed by atoms with Crippen molar-refractivity contribution >= 4 is 22.3 Å². The van der Waals surface area contributed by atoms with E-state index < -0.39 is 4.92 Å². The van der Waals surface area contributed by atoms with Crippen molar-refractivity contribution in [1.82, 2.24) is 15.2 Å². The summed E-state index contributed by atoms with van der Waals surface area (Å²) in [5.41, 5.74) is 0.759. The topological polar surface area (TPSA) is 88.4 Å². The number of nitrogens with one attached hydrogen (secondary N) is 1. The number of amides is 1. The first-order chi connectivity index (χ1) is 8.56. The van der Waals surface area contributed by atoms with Crippen molar-refractivity contribution in [1.29, 1.82) is 0 Å². The Morgan fingerprint density at radius 2 is 2.39 bits per heavy atom. The zero-order chi connectivity index (χ0) is 13.5. The van der Waals surface area contributed by atoms with E-state index in [0.29, 0.717) is 11.0 Å². The lowest BCUT2D eigenvalue weighted by molar-refractivity contribution is -0.404. The molecule has 1 amide bonds. The van der Waals surface area contributed by atoms with E-state index in [1.54, 1.807) is 18.3 Å². The van der Waals surface area contributed by atoms with Crippen molar-refractivity contribution in [2.75, 3.05) is 7.05 Å². The van der Waals surface area contributed by atoms with E-state index >= 15 is 0 Å². The fourth-order valence-corrected chi connectivity index (χ4v) is 1.49. The van der Waals surface area contributed by atoms with Crippen molar-refractivity contribution in [2.45, 2.75) is 6.54 Å². The summed E-state index contributed by atoms with van der Waals surface area (Å²) in [5.74, 6) is 0.109. The Hall–Kier alpha value is -1.96. The third-order valence-corrected chi connectivity index (χ3v) is 2.53. The van der Waals surface area contributed by atoms with Crippen LogP contribution in [0, 0.1) is 10.1 Å². The Labute approximate surface area is 112 Å². The Morgan fingerprint density at radius 1 is 1.67 bits per heavy atom. The smallest absolute Gasteiger partial charge is 0.274 e. The maximum Gasteiger partial charge on any atom is 0.274 e. The molecule has 0 aromatic carbocycles. The predicted molar refractivity (Wildman–Crippen MR) is 67.7 cm³/mol. The van der Waals surface area contributed by atoms with Crippen LogP contribution in [0.15, 0.2) is 35.0 Å².